The highest BCUT2D eigenvalue weighted by Gasteiger charge is 2.18. The molecule has 7 heteroatoms. The van der Waals surface area contributed by atoms with Gasteiger partial charge >= 0.3 is 12.1 Å². The molecule has 0 bridgehead atoms. The Kier molecular flexibility index (Phi) is 5.33. The van der Waals surface area contributed by atoms with Crippen molar-refractivity contribution in [3.63, 3.8) is 0 Å². The molecule has 2 N–H and O–H groups in total. The van der Waals surface area contributed by atoms with Gasteiger partial charge in [-0.3, -0.25) is 4.79 Å². The van der Waals surface area contributed by atoms with E-state index in [2.05, 4.69) is 10.7 Å². The highest BCUT2D eigenvalue weighted by molar-refractivity contribution is 5.86. The average molecular weight is 252 g/mol. The fourth-order valence-electron chi connectivity index (χ4n) is 1.12. The first-order valence-corrected chi connectivity index (χ1v) is 4.99. The van der Waals surface area contributed by atoms with Gasteiger partial charge in [0.15, 0.2) is 0 Å². The SMILES string of the molecule is NOC(=O)CN(C=O)C(=O)OCc1ccccc1. The molecule has 0 aliphatic heterocycles. The molecule has 0 heterocycles. The Hall–Kier alpha value is -2.41. The minimum atomic E-state index is -0.945. The van der Waals surface area contributed by atoms with Gasteiger partial charge in [-0.2, -0.15) is 5.90 Å². The topological polar surface area (TPSA) is 98.9 Å². The van der Waals surface area contributed by atoms with Crippen LogP contribution in [0, 0.1) is 0 Å². The highest BCUT2D eigenvalue weighted by Crippen LogP contribution is 2.02. The molecule has 0 unspecified atom stereocenters. The summed E-state index contributed by atoms with van der Waals surface area (Å²) < 4.78 is 4.83. The molecule has 0 saturated carbocycles. The number of rotatable bonds is 5. The molecule has 96 valence electrons. The van der Waals surface area contributed by atoms with Crippen molar-refractivity contribution in [1.82, 2.24) is 4.90 Å². The lowest BCUT2D eigenvalue weighted by atomic mass is 10.2. The summed E-state index contributed by atoms with van der Waals surface area (Å²) in [7, 11) is 0. The predicted molar refractivity (Wildman–Crippen MR) is 59.7 cm³/mol. The van der Waals surface area contributed by atoms with Crippen LogP contribution in [0.4, 0.5) is 4.79 Å². The van der Waals surface area contributed by atoms with Crippen molar-refractivity contribution in [1.29, 1.82) is 0 Å². The van der Waals surface area contributed by atoms with Crippen molar-refractivity contribution < 1.29 is 24.0 Å². The molecular formula is C11H12N2O5. The first-order chi connectivity index (χ1) is 8.67. The van der Waals surface area contributed by atoms with E-state index >= 15 is 0 Å². The summed E-state index contributed by atoms with van der Waals surface area (Å²) >= 11 is 0. The second kappa shape index (κ2) is 7.02. The minimum absolute atomic E-state index is 0.00167. The van der Waals surface area contributed by atoms with Gasteiger partial charge in [-0.15, -0.1) is 0 Å². The van der Waals surface area contributed by atoms with E-state index in [1.807, 2.05) is 6.07 Å². The summed E-state index contributed by atoms with van der Waals surface area (Å²) in [6.07, 6.45) is -0.774. The molecule has 1 aromatic carbocycles. The fourth-order valence-corrected chi connectivity index (χ4v) is 1.12. The number of hydrogen-bond donors (Lipinski definition) is 1. The number of hydrogen-bond acceptors (Lipinski definition) is 6. The highest BCUT2D eigenvalue weighted by atomic mass is 16.7. The molecule has 0 saturated heterocycles. The third-order valence-corrected chi connectivity index (χ3v) is 2.00. The Morgan fingerprint density at radius 1 is 1.28 bits per heavy atom. The van der Waals surface area contributed by atoms with E-state index in [0.717, 1.165) is 5.56 Å². The van der Waals surface area contributed by atoms with Crippen LogP contribution in [0.3, 0.4) is 0 Å². The van der Waals surface area contributed by atoms with E-state index in [1.165, 1.54) is 0 Å². The van der Waals surface area contributed by atoms with E-state index in [-0.39, 0.29) is 13.0 Å². The van der Waals surface area contributed by atoms with Crippen molar-refractivity contribution in [2.24, 2.45) is 5.90 Å². The van der Waals surface area contributed by atoms with Crippen molar-refractivity contribution in [3.8, 4) is 0 Å². The Bertz CT molecular complexity index is 421. The van der Waals surface area contributed by atoms with Gasteiger partial charge in [-0.1, -0.05) is 30.3 Å². The average Bonchev–Trinajstić information content (AvgIpc) is 2.42. The lowest BCUT2D eigenvalue weighted by Crippen LogP contribution is -2.36. The van der Waals surface area contributed by atoms with Gasteiger partial charge < -0.3 is 9.57 Å². The molecule has 2 amide bonds. The zero-order chi connectivity index (χ0) is 13.4. The summed E-state index contributed by atoms with van der Waals surface area (Å²) in [6.45, 7) is -0.588. The van der Waals surface area contributed by atoms with E-state index in [0.29, 0.717) is 4.90 Å². The van der Waals surface area contributed by atoms with Gasteiger partial charge in [0, 0.05) is 0 Å². The molecule has 1 aromatic rings. The molecule has 0 aromatic heterocycles. The van der Waals surface area contributed by atoms with Crippen LogP contribution in [0.2, 0.25) is 0 Å². The molecule has 0 aliphatic rings. The first kappa shape index (κ1) is 13.7. The van der Waals surface area contributed by atoms with Crippen molar-refractivity contribution >= 4 is 18.5 Å². The molecule has 7 nitrogen and oxygen atoms in total. The Labute approximate surface area is 103 Å². The lowest BCUT2D eigenvalue weighted by Gasteiger charge is -2.13. The van der Waals surface area contributed by atoms with Crippen molar-refractivity contribution in [2.75, 3.05) is 6.54 Å². The second-order valence-electron chi connectivity index (χ2n) is 3.26. The molecule has 0 fully saturated rings. The number of benzene rings is 1. The maximum Gasteiger partial charge on any atom is 0.417 e. The van der Waals surface area contributed by atoms with Gasteiger partial charge in [-0.05, 0) is 5.56 Å². The lowest BCUT2D eigenvalue weighted by molar-refractivity contribution is -0.146. The monoisotopic (exact) mass is 252 g/mol. The standard InChI is InChI=1S/C11H12N2O5/c12-18-10(15)6-13(8-14)11(16)17-7-9-4-2-1-3-5-9/h1-5,8H,6-7,12H2. The molecule has 0 spiro atoms. The van der Waals surface area contributed by atoms with Crippen LogP contribution in [0.15, 0.2) is 30.3 Å². The van der Waals surface area contributed by atoms with Gasteiger partial charge in [-0.25, -0.2) is 14.5 Å². The Morgan fingerprint density at radius 3 is 2.50 bits per heavy atom. The maximum atomic E-state index is 11.4. The summed E-state index contributed by atoms with van der Waals surface area (Å²) in [4.78, 5) is 37.2. The largest absolute Gasteiger partial charge is 0.444 e. The molecule has 1 rings (SSSR count). The Morgan fingerprint density at radius 2 is 1.94 bits per heavy atom. The molecule has 0 atom stereocenters. The summed E-state index contributed by atoms with van der Waals surface area (Å²) in [5.41, 5.74) is 0.762. The van der Waals surface area contributed by atoms with Crippen LogP contribution in [0.1, 0.15) is 5.56 Å². The van der Waals surface area contributed by atoms with E-state index in [1.54, 1.807) is 24.3 Å². The summed E-state index contributed by atoms with van der Waals surface area (Å²) in [6, 6.07) is 8.90. The number of carbonyl (C=O) groups excluding carboxylic acids is 3. The number of ether oxygens (including phenoxy) is 1. The zero-order valence-electron chi connectivity index (χ0n) is 9.44. The Balaban J connectivity index is 2.48. The fraction of sp³-hybridized carbons (Fsp3) is 0.182. The van der Waals surface area contributed by atoms with E-state index in [9.17, 15) is 14.4 Å². The van der Waals surface area contributed by atoms with Gasteiger partial charge in [0.2, 0.25) is 6.41 Å². The normalized spacial score (nSPS) is 9.39. The number of imide groups is 1. The molecule has 0 radical (unpaired) electrons. The second-order valence-corrected chi connectivity index (χ2v) is 3.26. The zero-order valence-corrected chi connectivity index (χ0v) is 9.44. The maximum absolute atomic E-state index is 11.4. The van der Waals surface area contributed by atoms with Crippen LogP contribution in [0.5, 0.6) is 0 Å². The van der Waals surface area contributed by atoms with Crippen molar-refractivity contribution in [2.45, 2.75) is 6.61 Å². The van der Waals surface area contributed by atoms with E-state index < -0.39 is 18.6 Å². The van der Waals surface area contributed by atoms with Crippen LogP contribution in [0.25, 0.3) is 0 Å². The molecule has 18 heavy (non-hydrogen) atoms. The van der Waals surface area contributed by atoms with Crippen LogP contribution in [-0.2, 0) is 25.8 Å². The number of amides is 2. The van der Waals surface area contributed by atoms with Crippen molar-refractivity contribution in [3.05, 3.63) is 35.9 Å². The third kappa shape index (κ3) is 4.22. The van der Waals surface area contributed by atoms with Gasteiger partial charge in [0.25, 0.3) is 0 Å². The van der Waals surface area contributed by atoms with Crippen LogP contribution in [-0.4, -0.2) is 29.9 Å². The number of nitrogens with zero attached hydrogens (tertiary/aromatic N) is 1. The third-order valence-electron chi connectivity index (χ3n) is 2.00. The van der Waals surface area contributed by atoms with E-state index in [4.69, 9.17) is 4.74 Å². The first-order valence-electron chi connectivity index (χ1n) is 4.99. The van der Waals surface area contributed by atoms with Crippen LogP contribution >= 0.6 is 0 Å². The number of carbonyl (C=O) groups is 3. The minimum Gasteiger partial charge on any atom is -0.444 e. The van der Waals surface area contributed by atoms with Crippen LogP contribution < -0.4 is 5.90 Å². The summed E-state index contributed by atoms with van der Waals surface area (Å²) in [5.74, 6) is 3.68. The predicted octanol–water partition coefficient (Wildman–Crippen LogP) is 0.198. The smallest absolute Gasteiger partial charge is 0.417 e. The molecular weight excluding hydrogens is 240 g/mol. The quantitative estimate of drug-likeness (QED) is 0.593. The molecule has 0 aliphatic carbocycles. The van der Waals surface area contributed by atoms with Gasteiger partial charge in [0.05, 0.1) is 0 Å². The number of nitrogens with two attached hydrogens (primary N) is 1. The summed E-state index contributed by atoms with van der Waals surface area (Å²) in [5, 5.41) is 0. The van der Waals surface area contributed by atoms with Gasteiger partial charge in [0.1, 0.15) is 13.2 Å².